The summed E-state index contributed by atoms with van der Waals surface area (Å²) in [5, 5.41) is 3.34. The van der Waals surface area contributed by atoms with E-state index in [1.165, 1.54) is 0 Å². The summed E-state index contributed by atoms with van der Waals surface area (Å²) in [4.78, 5) is 11.2. The highest BCUT2D eigenvalue weighted by molar-refractivity contribution is 6.42. The molecule has 0 aromatic heterocycles. The van der Waals surface area contributed by atoms with Gasteiger partial charge in [0.1, 0.15) is 5.75 Å². The minimum Gasteiger partial charge on any atom is -0.481 e. The Morgan fingerprint density at radius 1 is 1.40 bits per heavy atom. The molecule has 0 saturated heterocycles. The maximum Gasteiger partial charge on any atom is 0.260 e. The molecular formula is C10H11Cl2NO2. The number of amides is 1. The lowest BCUT2D eigenvalue weighted by molar-refractivity contribution is -0.126. The van der Waals surface area contributed by atoms with Gasteiger partial charge in [-0.05, 0) is 19.1 Å². The van der Waals surface area contributed by atoms with Gasteiger partial charge < -0.3 is 10.1 Å². The molecule has 0 spiro atoms. The first-order chi connectivity index (χ1) is 7.04. The fraction of sp³-hybridized carbons (Fsp3) is 0.300. The van der Waals surface area contributed by atoms with Crippen LogP contribution in [-0.2, 0) is 4.79 Å². The van der Waals surface area contributed by atoms with Crippen molar-refractivity contribution >= 4 is 29.1 Å². The Bertz CT molecular complexity index is 368. The number of nitrogens with one attached hydrogen (secondary N) is 1. The average Bonchev–Trinajstić information content (AvgIpc) is 2.22. The topological polar surface area (TPSA) is 38.3 Å². The van der Waals surface area contributed by atoms with Crippen LogP contribution in [0.15, 0.2) is 18.2 Å². The van der Waals surface area contributed by atoms with Gasteiger partial charge in [0.25, 0.3) is 5.91 Å². The van der Waals surface area contributed by atoms with Crippen molar-refractivity contribution in [3.63, 3.8) is 0 Å². The van der Waals surface area contributed by atoms with Crippen molar-refractivity contribution < 1.29 is 9.53 Å². The standard InChI is InChI=1S/C10H11Cl2NO2/c1-6(10(14)13-2)15-7-3-4-8(11)9(12)5-7/h3-6H,1-2H3,(H,13,14)/t6-/m1/s1. The first-order valence-electron chi connectivity index (χ1n) is 4.38. The maximum absolute atomic E-state index is 11.2. The normalized spacial score (nSPS) is 12.0. The summed E-state index contributed by atoms with van der Waals surface area (Å²) in [6.45, 7) is 1.65. The number of ether oxygens (including phenoxy) is 1. The van der Waals surface area contributed by atoms with Crippen LogP contribution in [-0.4, -0.2) is 19.1 Å². The number of halogens is 2. The molecule has 1 aromatic rings. The Morgan fingerprint density at radius 2 is 2.07 bits per heavy atom. The van der Waals surface area contributed by atoms with E-state index >= 15 is 0 Å². The van der Waals surface area contributed by atoms with Gasteiger partial charge in [0.2, 0.25) is 0 Å². The molecule has 0 unspecified atom stereocenters. The molecule has 1 aromatic carbocycles. The monoisotopic (exact) mass is 247 g/mol. The Kier molecular flexibility index (Phi) is 4.24. The fourth-order valence-corrected chi connectivity index (χ4v) is 1.30. The minimum absolute atomic E-state index is 0.193. The van der Waals surface area contributed by atoms with Crippen molar-refractivity contribution in [1.82, 2.24) is 5.32 Å². The number of carbonyl (C=O) groups is 1. The predicted octanol–water partition coefficient (Wildman–Crippen LogP) is 2.51. The van der Waals surface area contributed by atoms with E-state index in [9.17, 15) is 4.79 Å². The molecule has 1 atom stereocenters. The maximum atomic E-state index is 11.2. The molecule has 0 aliphatic heterocycles. The Hall–Kier alpha value is -0.930. The number of likely N-dealkylation sites (N-methyl/N-ethyl adjacent to an activating group) is 1. The van der Waals surface area contributed by atoms with Gasteiger partial charge in [-0.3, -0.25) is 4.79 Å². The van der Waals surface area contributed by atoms with Crippen LogP contribution >= 0.6 is 23.2 Å². The van der Waals surface area contributed by atoms with Gasteiger partial charge in [0, 0.05) is 13.1 Å². The van der Waals surface area contributed by atoms with E-state index in [2.05, 4.69) is 5.32 Å². The summed E-state index contributed by atoms with van der Waals surface area (Å²) >= 11 is 11.5. The molecule has 0 bridgehead atoms. The number of rotatable bonds is 3. The lowest BCUT2D eigenvalue weighted by Crippen LogP contribution is -2.33. The van der Waals surface area contributed by atoms with E-state index in [0.29, 0.717) is 15.8 Å². The van der Waals surface area contributed by atoms with E-state index in [1.807, 2.05) is 0 Å². The average molecular weight is 248 g/mol. The SMILES string of the molecule is CNC(=O)[C@@H](C)Oc1ccc(Cl)c(Cl)c1. The fourth-order valence-electron chi connectivity index (χ4n) is 1.01. The number of benzene rings is 1. The zero-order valence-electron chi connectivity index (χ0n) is 8.38. The van der Waals surface area contributed by atoms with Crippen LogP contribution in [0, 0.1) is 0 Å². The third-order valence-corrected chi connectivity index (χ3v) is 2.56. The van der Waals surface area contributed by atoms with Crippen molar-refractivity contribution in [1.29, 1.82) is 0 Å². The molecule has 0 radical (unpaired) electrons. The van der Waals surface area contributed by atoms with Crippen molar-refractivity contribution in [3.8, 4) is 5.75 Å². The summed E-state index contributed by atoms with van der Waals surface area (Å²) in [6, 6.07) is 4.85. The van der Waals surface area contributed by atoms with Crippen LogP contribution in [0.5, 0.6) is 5.75 Å². The molecule has 0 aliphatic carbocycles. The van der Waals surface area contributed by atoms with Crippen molar-refractivity contribution in [3.05, 3.63) is 28.2 Å². The number of carbonyl (C=O) groups excluding carboxylic acids is 1. The smallest absolute Gasteiger partial charge is 0.260 e. The van der Waals surface area contributed by atoms with Crippen molar-refractivity contribution in [2.45, 2.75) is 13.0 Å². The summed E-state index contributed by atoms with van der Waals surface area (Å²) in [6.07, 6.45) is -0.563. The summed E-state index contributed by atoms with van der Waals surface area (Å²) in [5.74, 6) is 0.321. The van der Waals surface area contributed by atoms with Gasteiger partial charge in [-0.1, -0.05) is 23.2 Å². The molecule has 1 amide bonds. The highest BCUT2D eigenvalue weighted by Gasteiger charge is 2.12. The lowest BCUT2D eigenvalue weighted by atomic mass is 10.3. The first kappa shape index (κ1) is 12.1. The molecular weight excluding hydrogens is 237 g/mol. The second-order valence-corrected chi connectivity index (χ2v) is 3.76. The molecule has 5 heteroatoms. The minimum atomic E-state index is -0.563. The van der Waals surface area contributed by atoms with Crippen molar-refractivity contribution in [2.75, 3.05) is 7.05 Å². The summed E-state index contributed by atoms with van der Waals surface area (Å²) < 4.78 is 5.35. The molecule has 0 aliphatic rings. The predicted molar refractivity (Wildman–Crippen MR) is 60.6 cm³/mol. The van der Waals surface area contributed by atoms with E-state index in [1.54, 1.807) is 32.2 Å². The van der Waals surface area contributed by atoms with E-state index in [-0.39, 0.29) is 5.91 Å². The van der Waals surface area contributed by atoms with Crippen LogP contribution in [0.3, 0.4) is 0 Å². The van der Waals surface area contributed by atoms with E-state index in [0.717, 1.165) is 0 Å². The van der Waals surface area contributed by atoms with Crippen LogP contribution < -0.4 is 10.1 Å². The third-order valence-electron chi connectivity index (χ3n) is 1.82. The lowest BCUT2D eigenvalue weighted by Gasteiger charge is -2.13. The van der Waals surface area contributed by atoms with Gasteiger partial charge in [-0.25, -0.2) is 0 Å². The molecule has 15 heavy (non-hydrogen) atoms. The second-order valence-electron chi connectivity index (χ2n) is 2.95. The molecule has 1 rings (SSSR count). The summed E-state index contributed by atoms with van der Waals surface area (Å²) in [7, 11) is 1.55. The van der Waals surface area contributed by atoms with Crippen molar-refractivity contribution in [2.24, 2.45) is 0 Å². The molecule has 0 heterocycles. The van der Waals surface area contributed by atoms with E-state index < -0.39 is 6.10 Å². The number of hydrogen-bond donors (Lipinski definition) is 1. The van der Waals surface area contributed by atoms with E-state index in [4.69, 9.17) is 27.9 Å². The molecule has 0 fully saturated rings. The Balaban J connectivity index is 2.73. The largest absolute Gasteiger partial charge is 0.481 e. The van der Waals surface area contributed by atoms with Crippen LogP contribution in [0.2, 0.25) is 10.0 Å². The Morgan fingerprint density at radius 3 is 2.60 bits per heavy atom. The van der Waals surface area contributed by atoms with Gasteiger partial charge in [-0.2, -0.15) is 0 Å². The van der Waals surface area contributed by atoms with Crippen LogP contribution in [0.25, 0.3) is 0 Å². The highest BCUT2D eigenvalue weighted by Crippen LogP contribution is 2.26. The molecule has 3 nitrogen and oxygen atoms in total. The van der Waals surface area contributed by atoms with Gasteiger partial charge in [0.05, 0.1) is 10.0 Å². The van der Waals surface area contributed by atoms with Crippen LogP contribution in [0.1, 0.15) is 6.92 Å². The molecule has 82 valence electrons. The zero-order valence-corrected chi connectivity index (χ0v) is 9.89. The zero-order chi connectivity index (χ0) is 11.4. The summed E-state index contributed by atoms with van der Waals surface area (Å²) in [5.41, 5.74) is 0. The van der Waals surface area contributed by atoms with Crippen LogP contribution in [0.4, 0.5) is 0 Å². The third kappa shape index (κ3) is 3.29. The Labute approximate surface area is 98.3 Å². The first-order valence-corrected chi connectivity index (χ1v) is 5.13. The van der Waals surface area contributed by atoms with Gasteiger partial charge in [0.15, 0.2) is 6.10 Å². The highest BCUT2D eigenvalue weighted by atomic mass is 35.5. The van der Waals surface area contributed by atoms with Gasteiger partial charge in [-0.15, -0.1) is 0 Å². The molecule has 1 N–H and O–H groups in total. The molecule has 0 saturated carbocycles. The quantitative estimate of drug-likeness (QED) is 0.892. The van der Waals surface area contributed by atoms with Gasteiger partial charge >= 0.3 is 0 Å². The number of hydrogen-bond acceptors (Lipinski definition) is 2. The second kappa shape index (κ2) is 5.24.